The third-order valence-corrected chi connectivity index (χ3v) is 3.96. The maximum atomic E-state index is 12.1. The van der Waals surface area contributed by atoms with Crippen molar-refractivity contribution in [3.8, 4) is 11.5 Å². The van der Waals surface area contributed by atoms with Crippen LogP contribution < -0.4 is 19.7 Å². The van der Waals surface area contributed by atoms with Gasteiger partial charge in [-0.25, -0.2) is 4.79 Å². The van der Waals surface area contributed by atoms with Crippen LogP contribution in [0.5, 0.6) is 11.5 Å². The number of piperazine rings is 1. The van der Waals surface area contributed by atoms with Crippen molar-refractivity contribution >= 4 is 11.7 Å². The fraction of sp³-hybridized carbons (Fsp3) is 0.588. The van der Waals surface area contributed by atoms with E-state index in [2.05, 4.69) is 24.1 Å². The summed E-state index contributed by atoms with van der Waals surface area (Å²) in [6.07, 6.45) is 0. The van der Waals surface area contributed by atoms with Crippen LogP contribution in [-0.4, -0.2) is 57.9 Å². The third-order valence-electron chi connectivity index (χ3n) is 3.96. The van der Waals surface area contributed by atoms with Crippen LogP contribution in [0.3, 0.4) is 0 Å². The molecule has 0 unspecified atom stereocenters. The number of anilines is 1. The molecular weight excluding hydrogens is 294 g/mol. The first-order chi connectivity index (χ1) is 11.0. The van der Waals surface area contributed by atoms with Crippen molar-refractivity contribution in [1.29, 1.82) is 0 Å². The van der Waals surface area contributed by atoms with Crippen LogP contribution in [-0.2, 0) is 0 Å². The number of hydrogen-bond acceptors (Lipinski definition) is 4. The van der Waals surface area contributed by atoms with E-state index in [1.165, 1.54) is 0 Å². The molecule has 2 amide bonds. The lowest BCUT2D eigenvalue weighted by Crippen LogP contribution is -2.52. The number of methoxy groups -OCH3 is 2. The number of nitrogens with zero attached hydrogens (tertiary/aromatic N) is 2. The van der Waals surface area contributed by atoms with E-state index in [1.54, 1.807) is 14.2 Å². The molecule has 6 nitrogen and oxygen atoms in total. The standard InChI is InChI=1S/C17H27N3O3/c1-13(2)12-18-17(21)20-9-7-19(8-10-20)15-11-14(22-3)5-6-16(15)23-4/h5-6,11,13H,7-10,12H2,1-4H3,(H,18,21). The molecule has 0 aliphatic carbocycles. The van der Waals surface area contributed by atoms with E-state index in [1.807, 2.05) is 23.1 Å². The van der Waals surface area contributed by atoms with Crippen molar-refractivity contribution in [2.75, 3.05) is 51.8 Å². The van der Waals surface area contributed by atoms with E-state index in [9.17, 15) is 4.79 Å². The normalized spacial score (nSPS) is 14.8. The molecule has 1 N–H and O–H groups in total. The molecule has 6 heteroatoms. The molecule has 1 aliphatic heterocycles. The van der Waals surface area contributed by atoms with Crippen LogP contribution in [0.2, 0.25) is 0 Å². The number of rotatable bonds is 5. The van der Waals surface area contributed by atoms with Gasteiger partial charge < -0.3 is 24.6 Å². The predicted octanol–water partition coefficient (Wildman–Crippen LogP) is 2.19. The second kappa shape index (κ2) is 7.94. The van der Waals surface area contributed by atoms with Crippen LogP contribution in [0.4, 0.5) is 10.5 Å². The Bertz CT molecular complexity index is 526. The molecule has 0 bridgehead atoms. The lowest BCUT2D eigenvalue weighted by atomic mass is 10.2. The molecule has 1 aromatic carbocycles. The predicted molar refractivity (Wildman–Crippen MR) is 91.6 cm³/mol. The Balaban J connectivity index is 1.97. The van der Waals surface area contributed by atoms with Crippen molar-refractivity contribution in [1.82, 2.24) is 10.2 Å². The van der Waals surface area contributed by atoms with E-state index < -0.39 is 0 Å². The molecule has 1 aromatic rings. The molecule has 2 rings (SSSR count). The van der Waals surface area contributed by atoms with Crippen LogP contribution in [0, 0.1) is 5.92 Å². The zero-order valence-electron chi connectivity index (χ0n) is 14.5. The second-order valence-corrected chi connectivity index (χ2v) is 6.09. The third kappa shape index (κ3) is 4.43. The van der Waals surface area contributed by atoms with Gasteiger partial charge in [0, 0.05) is 38.8 Å². The summed E-state index contributed by atoms with van der Waals surface area (Å²) in [5.74, 6) is 2.09. The Morgan fingerprint density at radius 1 is 1.17 bits per heavy atom. The number of hydrogen-bond donors (Lipinski definition) is 1. The van der Waals surface area contributed by atoms with Crippen LogP contribution in [0.1, 0.15) is 13.8 Å². The van der Waals surface area contributed by atoms with Crippen molar-refractivity contribution < 1.29 is 14.3 Å². The first kappa shape index (κ1) is 17.2. The minimum absolute atomic E-state index is 0.0240. The van der Waals surface area contributed by atoms with Gasteiger partial charge in [0.2, 0.25) is 0 Å². The average Bonchev–Trinajstić information content (AvgIpc) is 2.59. The summed E-state index contributed by atoms with van der Waals surface area (Å²) in [6.45, 7) is 7.84. The molecule has 1 saturated heterocycles. The number of carbonyl (C=O) groups is 1. The van der Waals surface area contributed by atoms with Gasteiger partial charge in [-0.3, -0.25) is 0 Å². The molecule has 1 heterocycles. The van der Waals surface area contributed by atoms with Gasteiger partial charge >= 0.3 is 6.03 Å². The summed E-state index contributed by atoms with van der Waals surface area (Å²) < 4.78 is 10.7. The van der Waals surface area contributed by atoms with E-state index in [-0.39, 0.29) is 6.03 Å². The van der Waals surface area contributed by atoms with Gasteiger partial charge in [0.15, 0.2) is 0 Å². The van der Waals surface area contributed by atoms with Gasteiger partial charge in [-0.15, -0.1) is 0 Å². The van der Waals surface area contributed by atoms with Crippen LogP contribution in [0.25, 0.3) is 0 Å². The molecule has 0 atom stereocenters. The highest BCUT2D eigenvalue weighted by Gasteiger charge is 2.23. The lowest BCUT2D eigenvalue weighted by Gasteiger charge is -2.36. The highest BCUT2D eigenvalue weighted by molar-refractivity contribution is 5.74. The highest BCUT2D eigenvalue weighted by atomic mass is 16.5. The second-order valence-electron chi connectivity index (χ2n) is 6.09. The van der Waals surface area contributed by atoms with Crippen molar-refractivity contribution in [3.05, 3.63) is 18.2 Å². The Morgan fingerprint density at radius 2 is 1.87 bits per heavy atom. The van der Waals surface area contributed by atoms with E-state index in [4.69, 9.17) is 9.47 Å². The Hall–Kier alpha value is -2.11. The summed E-state index contributed by atoms with van der Waals surface area (Å²) in [7, 11) is 3.32. The Morgan fingerprint density at radius 3 is 2.43 bits per heavy atom. The molecule has 0 aromatic heterocycles. The number of nitrogens with one attached hydrogen (secondary N) is 1. The van der Waals surface area contributed by atoms with Gasteiger partial charge in [-0.2, -0.15) is 0 Å². The number of urea groups is 1. The molecule has 0 radical (unpaired) electrons. The first-order valence-corrected chi connectivity index (χ1v) is 8.05. The van der Waals surface area contributed by atoms with Gasteiger partial charge in [-0.1, -0.05) is 13.8 Å². The van der Waals surface area contributed by atoms with Gasteiger partial charge in [0.25, 0.3) is 0 Å². The van der Waals surface area contributed by atoms with Crippen molar-refractivity contribution in [2.24, 2.45) is 5.92 Å². The summed E-state index contributed by atoms with van der Waals surface area (Å²) in [6, 6.07) is 5.80. The number of ether oxygens (including phenoxy) is 2. The number of carbonyl (C=O) groups excluding carboxylic acids is 1. The maximum absolute atomic E-state index is 12.1. The number of benzene rings is 1. The van der Waals surface area contributed by atoms with Crippen molar-refractivity contribution in [2.45, 2.75) is 13.8 Å². The highest BCUT2D eigenvalue weighted by Crippen LogP contribution is 2.32. The zero-order chi connectivity index (χ0) is 16.8. The monoisotopic (exact) mass is 321 g/mol. The SMILES string of the molecule is COc1ccc(OC)c(N2CCN(C(=O)NCC(C)C)CC2)c1. The average molecular weight is 321 g/mol. The molecule has 1 aliphatic rings. The minimum atomic E-state index is 0.0240. The Labute approximate surface area is 138 Å². The largest absolute Gasteiger partial charge is 0.497 e. The first-order valence-electron chi connectivity index (χ1n) is 8.05. The summed E-state index contributed by atoms with van der Waals surface area (Å²) in [5.41, 5.74) is 1.01. The fourth-order valence-electron chi connectivity index (χ4n) is 2.60. The van der Waals surface area contributed by atoms with Gasteiger partial charge in [0.1, 0.15) is 11.5 Å². The summed E-state index contributed by atoms with van der Waals surface area (Å²) >= 11 is 0. The molecule has 1 fully saturated rings. The quantitative estimate of drug-likeness (QED) is 0.903. The van der Waals surface area contributed by atoms with Crippen LogP contribution >= 0.6 is 0 Å². The Kier molecular flexibility index (Phi) is 5.96. The van der Waals surface area contributed by atoms with Gasteiger partial charge in [-0.05, 0) is 18.1 Å². The van der Waals surface area contributed by atoms with E-state index >= 15 is 0 Å². The summed E-state index contributed by atoms with van der Waals surface area (Å²) in [4.78, 5) is 16.2. The molecule has 0 spiro atoms. The number of amides is 2. The lowest BCUT2D eigenvalue weighted by molar-refractivity contribution is 0.193. The minimum Gasteiger partial charge on any atom is -0.497 e. The molecule has 23 heavy (non-hydrogen) atoms. The zero-order valence-corrected chi connectivity index (χ0v) is 14.5. The van der Waals surface area contributed by atoms with Crippen LogP contribution in [0.15, 0.2) is 18.2 Å². The smallest absolute Gasteiger partial charge is 0.317 e. The topological polar surface area (TPSA) is 54.0 Å². The maximum Gasteiger partial charge on any atom is 0.317 e. The van der Waals surface area contributed by atoms with E-state index in [0.717, 1.165) is 30.3 Å². The fourth-order valence-corrected chi connectivity index (χ4v) is 2.60. The molecule has 0 saturated carbocycles. The van der Waals surface area contributed by atoms with E-state index in [0.29, 0.717) is 25.6 Å². The molecular formula is C17H27N3O3. The molecule has 128 valence electrons. The van der Waals surface area contributed by atoms with Crippen molar-refractivity contribution in [3.63, 3.8) is 0 Å². The van der Waals surface area contributed by atoms with Gasteiger partial charge in [0.05, 0.1) is 19.9 Å². The summed E-state index contributed by atoms with van der Waals surface area (Å²) in [5, 5.41) is 2.97.